The zero-order valence-corrected chi connectivity index (χ0v) is 16.4. The molecule has 2 aromatic heterocycles. The van der Waals surface area contributed by atoms with E-state index < -0.39 is 17.9 Å². The molecular formula is C23H15N5O3. The summed E-state index contributed by atoms with van der Waals surface area (Å²) in [5.41, 5.74) is 4.00. The lowest BCUT2D eigenvalue weighted by Gasteiger charge is -2.27. The highest BCUT2D eigenvalue weighted by Crippen LogP contribution is 2.42. The minimum absolute atomic E-state index is 0.0419. The smallest absolute Gasteiger partial charge is 0.261 e. The molecule has 1 N–H and O–H groups in total. The summed E-state index contributed by atoms with van der Waals surface area (Å²) < 4.78 is 1.76. The molecule has 0 spiro atoms. The van der Waals surface area contributed by atoms with Crippen LogP contribution in [0.3, 0.4) is 0 Å². The van der Waals surface area contributed by atoms with Gasteiger partial charge in [0.2, 0.25) is 0 Å². The summed E-state index contributed by atoms with van der Waals surface area (Å²) in [5, 5.41) is 2.40. The van der Waals surface area contributed by atoms with Crippen LogP contribution in [0.2, 0.25) is 0 Å². The van der Waals surface area contributed by atoms with Gasteiger partial charge < -0.3 is 4.90 Å². The molecule has 0 fully saturated rings. The van der Waals surface area contributed by atoms with Crippen molar-refractivity contribution in [1.29, 1.82) is 0 Å². The molecule has 1 atom stereocenters. The number of carbonyl (C=O) groups excluding carboxylic acids is 3. The molecule has 6 rings (SSSR count). The van der Waals surface area contributed by atoms with Gasteiger partial charge in [-0.25, -0.2) is 4.98 Å². The topological polar surface area (TPSA) is 96.1 Å². The van der Waals surface area contributed by atoms with Crippen LogP contribution >= 0.6 is 0 Å². The Balaban J connectivity index is 1.63. The van der Waals surface area contributed by atoms with E-state index >= 15 is 0 Å². The highest BCUT2D eigenvalue weighted by Gasteiger charge is 2.43. The van der Waals surface area contributed by atoms with Gasteiger partial charge in [0.1, 0.15) is 5.65 Å². The van der Waals surface area contributed by atoms with Crippen LogP contribution in [0.5, 0.6) is 0 Å². The molecule has 3 aliphatic heterocycles. The Kier molecular flexibility index (Phi) is 3.44. The van der Waals surface area contributed by atoms with Gasteiger partial charge in [-0.05, 0) is 25.1 Å². The number of benzene rings is 1. The third-order valence-electron chi connectivity index (χ3n) is 5.87. The molecule has 0 saturated heterocycles. The van der Waals surface area contributed by atoms with Crippen LogP contribution in [0.25, 0.3) is 11.2 Å². The highest BCUT2D eigenvalue weighted by atomic mass is 16.2. The van der Waals surface area contributed by atoms with Crippen molar-refractivity contribution in [3.8, 4) is 0 Å². The number of aromatic nitrogens is 2. The van der Waals surface area contributed by atoms with Gasteiger partial charge in [0, 0.05) is 23.5 Å². The summed E-state index contributed by atoms with van der Waals surface area (Å²) in [6.07, 6.45) is 6.55. The van der Waals surface area contributed by atoms with Crippen molar-refractivity contribution >= 4 is 40.7 Å². The van der Waals surface area contributed by atoms with Crippen molar-refractivity contribution < 1.29 is 14.4 Å². The molecule has 1 unspecified atom stereocenters. The number of rotatable bonds is 2. The van der Waals surface area contributed by atoms with Crippen LogP contribution in [0, 0.1) is 0 Å². The van der Waals surface area contributed by atoms with E-state index in [1.165, 1.54) is 6.20 Å². The van der Waals surface area contributed by atoms with Gasteiger partial charge in [-0.1, -0.05) is 18.2 Å². The largest absolute Gasteiger partial charge is 0.328 e. The second kappa shape index (κ2) is 6.09. The number of nitrogens with one attached hydrogen (secondary N) is 1. The van der Waals surface area contributed by atoms with Crippen LogP contribution in [0.4, 0.5) is 5.69 Å². The maximum absolute atomic E-state index is 13.0. The summed E-state index contributed by atoms with van der Waals surface area (Å²) in [4.78, 5) is 49.3. The molecule has 3 aromatic rings. The van der Waals surface area contributed by atoms with E-state index in [2.05, 4.69) is 15.3 Å². The molecule has 0 aliphatic carbocycles. The molecule has 1 aromatic carbocycles. The fraction of sp³-hybridized carbons (Fsp3) is 0.0870. The number of amides is 2. The molecule has 0 saturated carbocycles. The fourth-order valence-corrected chi connectivity index (χ4v) is 4.50. The number of hydrogen-bond donors (Lipinski definition) is 1. The summed E-state index contributed by atoms with van der Waals surface area (Å²) in [6, 6.07) is 10.4. The molecule has 0 radical (unpaired) electrons. The van der Waals surface area contributed by atoms with Crippen molar-refractivity contribution in [2.45, 2.75) is 13.0 Å². The van der Waals surface area contributed by atoms with Gasteiger partial charge in [-0.2, -0.15) is 0 Å². The monoisotopic (exact) mass is 409 g/mol. The predicted molar refractivity (Wildman–Crippen MR) is 114 cm³/mol. The lowest BCUT2D eigenvalue weighted by molar-refractivity contribution is -0.123. The molecule has 8 heteroatoms. The van der Waals surface area contributed by atoms with Crippen molar-refractivity contribution in [3.05, 3.63) is 83.1 Å². The van der Waals surface area contributed by atoms with Gasteiger partial charge in [-0.3, -0.25) is 29.1 Å². The predicted octanol–water partition coefficient (Wildman–Crippen LogP) is 2.11. The summed E-state index contributed by atoms with van der Waals surface area (Å²) >= 11 is 0. The standard InChI is InChI=1S/C23H15N5O3/c1-12-21(29)14-6-4-5-13-9-24-10-16(28(12)20(13)14)19-18(22(30)26-23(19)31)15-11-25-17-7-2-3-8-27(15)17/h2-12H,1H3,(H,26,30,31). The van der Waals surface area contributed by atoms with E-state index in [1.807, 2.05) is 30.3 Å². The van der Waals surface area contributed by atoms with E-state index in [1.54, 1.807) is 40.9 Å². The SMILES string of the molecule is CC1C(=O)c2cccc3c2N1C(C1=C(c2cnc4ccccn24)C(=O)NC1=O)=CN=C3. The zero-order chi connectivity index (χ0) is 21.3. The Morgan fingerprint density at radius 1 is 1.00 bits per heavy atom. The Morgan fingerprint density at radius 3 is 2.71 bits per heavy atom. The molecular weight excluding hydrogens is 394 g/mol. The van der Waals surface area contributed by atoms with E-state index in [4.69, 9.17) is 0 Å². The summed E-state index contributed by atoms with van der Waals surface area (Å²) in [5.74, 6) is -1.08. The van der Waals surface area contributed by atoms with E-state index in [-0.39, 0.29) is 16.9 Å². The van der Waals surface area contributed by atoms with Crippen molar-refractivity contribution in [3.63, 3.8) is 0 Å². The minimum Gasteiger partial charge on any atom is -0.328 e. The number of fused-ring (bicyclic) bond motifs is 1. The molecule has 2 amide bonds. The van der Waals surface area contributed by atoms with Crippen molar-refractivity contribution in [2.24, 2.45) is 4.99 Å². The van der Waals surface area contributed by atoms with Crippen molar-refractivity contribution in [2.75, 3.05) is 4.90 Å². The average molecular weight is 409 g/mol. The second-order valence-corrected chi connectivity index (χ2v) is 7.55. The lowest BCUT2D eigenvalue weighted by Crippen LogP contribution is -2.34. The molecule has 8 nitrogen and oxygen atoms in total. The average Bonchev–Trinajstić information content (AvgIpc) is 3.33. The Hall–Kier alpha value is -4.33. The Morgan fingerprint density at radius 2 is 1.84 bits per heavy atom. The van der Waals surface area contributed by atoms with E-state index in [0.717, 1.165) is 5.56 Å². The van der Waals surface area contributed by atoms with Crippen LogP contribution in [-0.4, -0.2) is 39.2 Å². The number of carbonyl (C=O) groups is 3. The second-order valence-electron chi connectivity index (χ2n) is 7.55. The third kappa shape index (κ3) is 2.27. The number of pyridine rings is 1. The number of imidazole rings is 1. The normalized spacial score (nSPS) is 19.8. The van der Waals surface area contributed by atoms with E-state index in [9.17, 15) is 14.4 Å². The molecule has 0 bridgehead atoms. The quantitative estimate of drug-likeness (QED) is 0.654. The van der Waals surface area contributed by atoms with Crippen LogP contribution in [-0.2, 0) is 9.59 Å². The number of hydrogen-bond acceptors (Lipinski definition) is 6. The number of Topliss-reactive ketones (excluding diaryl/α,β-unsaturated/α-hetero) is 1. The highest BCUT2D eigenvalue weighted by molar-refractivity contribution is 6.37. The number of aliphatic imine (C=N–C) groups is 1. The molecule has 150 valence electrons. The van der Waals surface area contributed by atoms with Gasteiger partial charge in [-0.15, -0.1) is 0 Å². The number of anilines is 1. The first-order valence-electron chi connectivity index (χ1n) is 9.79. The maximum Gasteiger partial charge on any atom is 0.261 e. The van der Waals surface area contributed by atoms with Crippen LogP contribution in [0.1, 0.15) is 28.5 Å². The van der Waals surface area contributed by atoms with E-state index in [0.29, 0.717) is 28.3 Å². The Bertz CT molecular complexity index is 1440. The molecule has 5 heterocycles. The first-order chi connectivity index (χ1) is 15.1. The first-order valence-corrected chi connectivity index (χ1v) is 9.79. The van der Waals surface area contributed by atoms with Crippen molar-refractivity contribution in [1.82, 2.24) is 14.7 Å². The third-order valence-corrected chi connectivity index (χ3v) is 5.87. The summed E-state index contributed by atoms with van der Waals surface area (Å²) in [6.45, 7) is 1.79. The fourth-order valence-electron chi connectivity index (χ4n) is 4.50. The first kappa shape index (κ1) is 17.5. The maximum atomic E-state index is 13.0. The number of imide groups is 1. The molecule has 31 heavy (non-hydrogen) atoms. The Labute approximate surface area is 176 Å². The number of ketones is 1. The van der Waals surface area contributed by atoms with Gasteiger partial charge in [0.05, 0.1) is 46.7 Å². The van der Waals surface area contributed by atoms with Gasteiger partial charge >= 0.3 is 0 Å². The van der Waals surface area contributed by atoms with Gasteiger partial charge in [0.25, 0.3) is 11.8 Å². The summed E-state index contributed by atoms with van der Waals surface area (Å²) in [7, 11) is 0. The minimum atomic E-state index is -0.538. The van der Waals surface area contributed by atoms with Gasteiger partial charge in [0.15, 0.2) is 5.78 Å². The number of nitrogens with zero attached hydrogens (tertiary/aromatic N) is 4. The van der Waals surface area contributed by atoms with Crippen LogP contribution < -0.4 is 10.2 Å². The zero-order valence-electron chi connectivity index (χ0n) is 16.4. The van der Waals surface area contributed by atoms with Crippen LogP contribution in [0.15, 0.2) is 71.3 Å². The number of para-hydroxylation sites is 1. The lowest BCUT2D eigenvalue weighted by atomic mass is 10.0. The molecule has 3 aliphatic rings.